The Kier molecular flexibility index (Phi) is 3.80. The minimum absolute atomic E-state index is 0.161. The molecule has 0 radical (unpaired) electrons. The van der Waals surface area contributed by atoms with Crippen molar-refractivity contribution in [1.82, 2.24) is 9.38 Å². The number of nitrogens with one attached hydrogen (secondary N) is 1. The molecule has 22 heavy (non-hydrogen) atoms. The molecule has 0 atom stereocenters. The third-order valence-electron chi connectivity index (χ3n) is 2.80. The second-order valence-electron chi connectivity index (χ2n) is 5.82. The molecule has 2 rings (SSSR count). The summed E-state index contributed by atoms with van der Waals surface area (Å²) in [7, 11) is 0. The zero-order valence-corrected chi connectivity index (χ0v) is 12.6. The molecule has 2 heterocycles. The Labute approximate surface area is 125 Å². The summed E-state index contributed by atoms with van der Waals surface area (Å²) in [6.07, 6.45) is -4.21. The minimum atomic E-state index is -4.44. The number of carbonyl (C=O) groups excluding carboxylic acids is 1. The average molecular weight is 315 g/mol. The predicted octanol–water partition coefficient (Wildman–Crippen LogP) is 4.01. The molecule has 0 fully saturated rings. The fourth-order valence-electron chi connectivity index (χ4n) is 1.85. The van der Waals surface area contributed by atoms with Gasteiger partial charge in [-0.05, 0) is 39.8 Å². The summed E-state index contributed by atoms with van der Waals surface area (Å²) in [4.78, 5) is 15.8. The second kappa shape index (κ2) is 5.19. The van der Waals surface area contributed by atoms with Crippen LogP contribution in [0.5, 0.6) is 0 Å². The van der Waals surface area contributed by atoms with Crippen LogP contribution in [-0.2, 0) is 10.9 Å². The Morgan fingerprint density at radius 1 is 1.27 bits per heavy atom. The van der Waals surface area contributed by atoms with Gasteiger partial charge in [0.05, 0.1) is 11.3 Å². The number of fused-ring (bicyclic) bond motifs is 1. The Bertz CT molecular complexity index is 714. The van der Waals surface area contributed by atoms with Crippen molar-refractivity contribution in [3.05, 3.63) is 29.6 Å². The van der Waals surface area contributed by atoms with E-state index in [0.717, 1.165) is 12.3 Å². The number of anilines is 1. The van der Waals surface area contributed by atoms with Gasteiger partial charge in [0.1, 0.15) is 11.2 Å². The third kappa shape index (κ3) is 3.49. The van der Waals surface area contributed by atoms with Gasteiger partial charge < -0.3 is 9.14 Å². The van der Waals surface area contributed by atoms with Gasteiger partial charge in [0.2, 0.25) is 0 Å². The first-order valence-corrected chi connectivity index (χ1v) is 6.53. The van der Waals surface area contributed by atoms with Crippen molar-refractivity contribution in [1.29, 1.82) is 0 Å². The van der Waals surface area contributed by atoms with E-state index in [4.69, 9.17) is 4.74 Å². The maximum absolute atomic E-state index is 12.7. The van der Waals surface area contributed by atoms with Crippen LogP contribution in [0.15, 0.2) is 18.3 Å². The first-order valence-electron chi connectivity index (χ1n) is 6.53. The number of hydrogen-bond acceptors (Lipinski definition) is 3. The predicted molar refractivity (Wildman–Crippen MR) is 74.8 cm³/mol. The van der Waals surface area contributed by atoms with E-state index < -0.39 is 23.4 Å². The van der Waals surface area contributed by atoms with Crippen LogP contribution in [0.1, 0.15) is 32.0 Å². The molecule has 0 bridgehead atoms. The number of ether oxygens (including phenoxy) is 1. The van der Waals surface area contributed by atoms with E-state index in [1.807, 2.05) is 0 Å². The number of alkyl halides is 3. The molecule has 120 valence electrons. The van der Waals surface area contributed by atoms with Crippen LogP contribution in [0.2, 0.25) is 0 Å². The number of nitrogens with zero attached hydrogens (tertiary/aromatic N) is 2. The summed E-state index contributed by atoms with van der Waals surface area (Å²) >= 11 is 0. The summed E-state index contributed by atoms with van der Waals surface area (Å²) in [5, 5.41) is 2.44. The monoisotopic (exact) mass is 315 g/mol. The van der Waals surface area contributed by atoms with Gasteiger partial charge in [0.15, 0.2) is 5.82 Å². The van der Waals surface area contributed by atoms with Gasteiger partial charge in [-0.2, -0.15) is 13.2 Å². The number of aromatic nitrogens is 2. The highest BCUT2D eigenvalue weighted by Gasteiger charge is 2.31. The maximum atomic E-state index is 12.7. The lowest BCUT2D eigenvalue weighted by Crippen LogP contribution is -2.27. The molecular weight excluding hydrogens is 299 g/mol. The number of aryl methyl sites for hydroxylation is 1. The third-order valence-corrected chi connectivity index (χ3v) is 2.80. The Morgan fingerprint density at radius 2 is 1.91 bits per heavy atom. The topological polar surface area (TPSA) is 55.6 Å². The molecule has 2 aromatic rings. The van der Waals surface area contributed by atoms with Crippen molar-refractivity contribution in [2.24, 2.45) is 0 Å². The number of pyridine rings is 1. The van der Waals surface area contributed by atoms with Gasteiger partial charge in [-0.15, -0.1) is 0 Å². The normalized spacial score (nSPS) is 12.5. The molecule has 0 saturated heterocycles. The SMILES string of the molecule is Cc1c(NC(=O)OC(C)(C)C)nc2ccc(C(F)(F)F)cn12. The standard InChI is InChI=1S/C14H16F3N3O2/c1-8-11(19-12(21)22-13(2,3)4)18-10-6-5-9(7-20(8)10)14(15,16)17/h5-7H,1-4H3,(H,19,21). The Morgan fingerprint density at radius 3 is 2.45 bits per heavy atom. The number of halogens is 3. The van der Waals surface area contributed by atoms with Crippen LogP contribution in [0, 0.1) is 6.92 Å². The molecular formula is C14H16F3N3O2. The summed E-state index contributed by atoms with van der Waals surface area (Å²) in [6, 6.07) is 2.19. The largest absolute Gasteiger partial charge is 0.444 e. The lowest BCUT2D eigenvalue weighted by molar-refractivity contribution is -0.137. The van der Waals surface area contributed by atoms with Gasteiger partial charge in [-0.3, -0.25) is 5.32 Å². The molecule has 0 unspecified atom stereocenters. The van der Waals surface area contributed by atoms with Crippen molar-refractivity contribution in [2.45, 2.75) is 39.5 Å². The first kappa shape index (κ1) is 16.1. The number of rotatable bonds is 1. The maximum Gasteiger partial charge on any atom is 0.417 e. The van der Waals surface area contributed by atoms with Crippen molar-refractivity contribution in [3.8, 4) is 0 Å². The van der Waals surface area contributed by atoms with Crippen LogP contribution in [-0.4, -0.2) is 21.1 Å². The summed E-state index contributed by atoms with van der Waals surface area (Å²) in [5.74, 6) is 0.161. The van der Waals surface area contributed by atoms with Crippen LogP contribution in [0.4, 0.5) is 23.8 Å². The fourth-order valence-corrected chi connectivity index (χ4v) is 1.85. The van der Waals surface area contributed by atoms with Gasteiger partial charge in [-0.1, -0.05) is 0 Å². The van der Waals surface area contributed by atoms with E-state index in [-0.39, 0.29) is 5.82 Å². The zero-order chi connectivity index (χ0) is 16.7. The molecule has 1 amide bonds. The van der Waals surface area contributed by atoms with E-state index in [0.29, 0.717) is 11.3 Å². The summed E-state index contributed by atoms with van der Waals surface area (Å²) < 4.78 is 44.5. The van der Waals surface area contributed by atoms with Gasteiger partial charge in [-0.25, -0.2) is 9.78 Å². The van der Waals surface area contributed by atoms with E-state index in [1.165, 1.54) is 10.5 Å². The Balaban J connectivity index is 2.33. The zero-order valence-electron chi connectivity index (χ0n) is 12.6. The van der Waals surface area contributed by atoms with Crippen LogP contribution in [0.25, 0.3) is 5.65 Å². The minimum Gasteiger partial charge on any atom is -0.444 e. The van der Waals surface area contributed by atoms with E-state index >= 15 is 0 Å². The van der Waals surface area contributed by atoms with Crippen LogP contribution in [0.3, 0.4) is 0 Å². The molecule has 5 nitrogen and oxygen atoms in total. The molecule has 2 aromatic heterocycles. The number of hydrogen-bond donors (Lipinski definition) is 1. The number of carbonyl (C=O) groups is 1. The summed E-state index contributed by atoms with van der Waals surface area (Å²) in [5.41, 5.74) is -0.784. The fraction of sp³-hybridized carbons (Fsp3) is 0.429. The lowest BCUT2D eigenvalue weighted by Gasteiger charge is -2.19. The first-order chi connectivity index (χ1) is 9.97. The van der Waals surface area contributed by atoms with Crippen LogP contribution < -0.4 is 5.32 Å². The molecule has 0 aliphatic rings. The molecule has 1 N–H and O–H groups in total. The number of amides is 1. The smallest absolute Gasteiger partial charge is 0.417 e. The number of imidazole rings is 1. The van der Waals surface area contributed by atoms with Gasteiger partial charge >= 0.3 is 12.3 Å². The Hall–Kier alpha value is -2.25. The van der Waals surface area contributed by atoms with E-state index in [9.17, 15) is 18.0 Å². The molecule has 0 saturated carbocycles. The highest BCUT2D eigenvalue weighted by molar-refractivity contribution is 5.85. The average Bonchev–Trinajstić information content (AvgIpc) is 2.62. The molecule has 8 heteroatoms. The lowest BCUT2D eigenvalue weighted by atomic mass is 10.2. The van der Waals surface area contributed by atoms with Crippen LogP contribution >= 0.6 is 0 Å². The molecule has 0 aliphatic carbocycles. The van der Waals surface area contributed by atoms with Crippen molar-refractivity contribution < 1.29 is 22.7 Å². The van der Waals surface area contributed by atoms with Crippen molar-refractivity contribution in [2.75, 3.05) is 5.32 Å². The van der Waals surface area contributed by atoms with Gasteiger partial charge in [0.25, 0.3) is 0 Å². The highest BCUT2D eigenvalue weighted by Crippen LogP contribution is 2.30. The highest BCUT2D eigenvalue weighted by atomic mass is 19.4. The molecule has 0 aliphatic heterocycles. The summed E-state index contributed by atoms with van der Waals surface area (Å²) in [6.45, 7) is 6.68. The quantitative estimate of drug-likeness (QED) is 0.865. The van der Waals surface area contributed by atoms with Crippen molar-refractivity contribution in [3.63, 3.8) is 0 Å². The molecule has 0 spiro atoms. The van der Waals surface area contributed by atoms with E-state index in [1.54, 1.807) is 27.7 Å². The van der Waals surface area contributed by atoms with Crippen molar-refractivity contribution >= 4 is 17.6 Å². The van der Waals surface area contributed by atoms with Gasteiger partial charge in [0, 0.05) is 6.20 Å². The second-order valence-corrected chi connectivity index (χ2v) is 5.82. The molecule has 0 aromatic carbocycles. The van der Waals surface area contributed by atoms with E-state index in [2.05, 4.69) is 10.3 Å².